The molecule has 0 spiro atoms. The molecule has 4 rings (SSSR count). The molecule has 33 heavy (non-hydrogen) atoms. The molecule has 0 bridgehead atoms. The molecule has 2 aromatic carbocycles. The van der Waals surface area contributed by atoms with E-state index in [9.17, 15) is 9.59 Å². The first-order valence-corrected chi connectivity index (χ1v) is 11.1. The molecule has 2 aliphatic heterocycles. The summed E-state index contributed by atoms with van der Waals surface area (Å²) >= 11 is 0. The maximum Gasteiger partial charge on any atom is 0.246 e. The number of nitrogens with zero attached hydrogens (tertiary/aromatic N) is 2. The quantitative estimate of drug-likeness (QED) is 0.610. The number of hydrogen-bond acceptors (Lipinski definition) is 6. The Balaban J connectivity index is 1.41. The normalized spacial score (nSPS) is 20.1. The van der Waals surface area contributed by atoms with Crippen molar-refractivity contribution in [3.8, 4) is 17.2 Å². The highest BCUT2D eigenvalue weighted by Gasteiger charge is 2.33. The second kappa shape index (κ2) is 10.1. The monoisotopic (exact) mass is 454 g/mol. The van der Waals surface area contributed by atoms with Gasteiger partial charge in [-0.3, -0.25) is 9.59 Å². The summed E-state index contributed by atoms with van der Waals surface area (Å²) in [6.45, 7) is 1.21. The van der Waals surface area contributed by atoms with Gasteiger partial charge in [-0.05, 0) is 48.4 Å². The fraction of sp³-hybridized carbons (Fsp3) is 0.440. The maximum absolute atomic E-state index is 12.8. The van der Waals surface area contributed by atoms with Crippen LogP contribution in [0.4, 0.5) is 5.69 Å². The van der Waals surface area contributed by atoms with Gasteiger partial charge < -0.3 is 28.7 Å². The van der Waals surface area contributed by atoms with Crippen molar-refractivity contribution in [2.75, 3.05) is 45.9 Å². The number of hydrogen-bond donors (Lipinski definition) is 0. The van der Waals surface area contributed by atoms with E-state index < -0.39 is 0 Å². The Bertz CT molecular complexity index is 987. The lowest BCUT2D eigenvalue weighted by Gasteiger charge is -2.22. The molecule has 0 aromatic heterocycles. The third-order valence-electron chi connectivity index (χ3n) is 6.18. The van der Waals surface area contributed by atoms with Crippen LogP contribution in [0, 0.1) is 0 Å². The first-order chi connectivity index (χ1) is 16.0. The van der Waals surface area contributed by atoms with Crippen LogP contribution in [-0.4, -0.2) is 64.0 Å². The molecule has 2 aliphatic rings. The lowest BCUT2D eigenvalue weighted by atomic mass is 9.98. The summed E-state index contributed by atoms with van der Waals surface area (Å²) in [5, 5.41) is 0. The van der Waals surface area contributed by atoms with Crippen LogP contribution in [0.25, 0.3) is 0 Å². The minimum Gasteiger partial charge on any atom is -0.497 e. The number of likely N-dealkylation sites (tertiary alicyclic amines) is 1. The Morgan fingerprint density at radius 3 is 2.58 bits per heavy atom. The van der Waals surface area contributed by atoms with E-state index in [1.807, 2.05) is 30.3 Å². The highest BCUT2D eigenvalue weighted by molar-refractivity contribution is 5.96. The van der Waals surface area contributed by atoms with Gasteiger partial charge in [0.1, 0.15) is 12.3 Å². The van der Waals surface area contributed by atoms with Crippen LogP contribution in [0.15, 0.2) is 42.5 Å². The summed E-state index contributed by atoms with van der Waals surface area (Å²) in [6, 6.07) is 13.0. The van der Waals surface area contributed by atoms with E-state index in [1.165, 1.54) is 0 Å². The number of carbonyl (C=O) groups is 2. The van der Waals surface area contributed by atoms with Crippen molar-refractivity contribution >= 4 is 17.5 Å². The second-order valence-electron chi connectivity index (χ2n) is 8.30. The first kappa shape index (κ1) is 22.9. The van der Waals surface area contributed by atoms with Gasteiger partial charge in [-0.25, -0.2) is 0 Å². The second-order valence-corrected chi connectivity index (χ2v) is 8.30. The fourth-order valence-corrected chi connectivity index (χ4v) is 4.19. The van der Waals surface area contributed by atoms with Gasteiger partial charge in [0.25, 0.3) is 0 Å². The Hall–Kier alpha value is -3.26. The van der Waals surface area contributed by atoms with Crippen molar-refractivity contribution in [3.63, 3.8) is 0 Å². The number of benzene rings is 2. The van der Waals surface area contributed by atoms with E-state index in [-0.39, 0.29) is 30.6 Å². The van der Waals surface area contributed by atoms with Crippen molar-refractivity contribution in [2.24, 2.45) is 0 Å². The summed E-state index contributed by atoms with van der Waals surface area (Å²) < 4.78 is 22.2. The van der Waals surface area contributed by atoms with E-state index in [0.29, 0.717) is 31.1 Å². The molecule has 0 radical (unpaired) electrons. The predicted molar refractivity (Wildman–Crippen MR) is 123 cm³/mol. The molecule has 2 heterocycles. The molecule has 2 unspecified atom stereocenters. The van der Waals surface area contributed by atoms with Gasteiger partial charge in [-0.2, -0.15) is 0 Å². The van der Waals surface area contributed by atoms with Crippen molar-refractivity contribution in [1.82, 2.24) is 4.90 Å². The molecular weight excluding hydrogens is 424 g/mol. The van der Waals surface area contributed by atoms with Gasteiger partial charge >= 0.3 is 0 Å². The minimum absolute atomic E-state index is 0.0191. The van der Waals surface area contributed by atoms with Gasteiger partial charge in [0.15, 0.2) is 17.8 Å². The topological polar surface area (TPSA) is 77.5 Å². The Labute approximate surface area is 194 Å². The number of anilines is 1. The van der Waals surface area contributed by atoms with Gasteiger partial charge in [0, 0.05) is 38.0 Å². The molecule has 0 saturated carbocycles. The van der Waals surface area contributed by atoms with Crippen molar-refractivity contribution in [1.29, 1.82) is 0 Å². The lowest BCUT2D eigenvalue weighted by Crippen LogP contribution is -2.39. The number of rotatable bonds is 8. The molecule has 176 valence electrons. The fourth-order valence-electron chi connectivity index (χ4n) is 4.19. The van der Waals surface area contributed by atoms with E-state index >= 15 is 0 Å². The zero-order valence-corrected chi connectivity index (χ0v) is 19.3. The summed E-state index contributed by atoms with van der Waals surface area (Å²) in [7, 11) is 4.91. The van der Waals surface area contributed by atoms with Crippen LogP contribution in [0.2, 0.25) is 0 Å². The molecule has 8 heteroatoms. The van der Waals surface area contributed by atoms with Crippen LogP contribution in [-0.2, 0) is 14.3 Å². The van der Waals surface area contributed by atoms with Crippen LogP contribution < -0.4 is 19.1 Å². The maximum atomic E-state index is 12.8. The van der Waals surface area contributed by atoms with E-state index in [1.54, 1.807) is 43.2 Å². The Morgan fingerprint density at radius 1 is 1.12 bits per heavy atom. The first-order valence-electron chi connectivity index (χ1n) is 11.1. The smallest absolute Gasteiger partial charge is 0.246 e. The van der Waals surface area contributed by atoms with Crippen molar-refractivity contribution < 1.29 is 28.5 Å². The third-order valence-corrected chi connectivity index (χ3v) is 6.18. The third kappa shape index (κ3) is 5.22. The summed E-state index contributed by atoms with van der Waals surface area (Å²) in [5.74, 6) is 1.77. The highest BCUT2D eigenvalue weighted by atomic mass is 16.7. The molecule has 2 saturated heterocycles. The average molecular weight is 455 g/mol. The highest BCUT2D eigenvalue weighted by Crippen LogP contribution is 2.36. The van der Waals surface area contributed by atoms with Crippen molar-refractivity contribution in [2.45, 2.75) is 31.5 Å². The zero-order valence-electron chi connectivity index (χ0n) is 19.3. The Kier molecular flexibility index (Phi) is 7.03. The number of carbonyl (C=O) groups excluding carboxylic acids is 2. The molecule has 0 aliphatic carbocycles. The number of amides is 2. The molecular formula is C25H30N2O6. The molecule has 0 N–H and O–H groups in total. The molecule has 2 amide bonds. The summed E-state index contributed by atoms with van der Waals surface area (Å²) in [4.78, 5) is 28.7. The average Bonchev–Trinajstić information content (AvgIpc) is 3.48. The van der Waals surface area contributed by atoms with Gasteiger partial charge in [-0.1, -0.05) is 6.07 Å². The van der Waals surface area contributed by atoms with Gasteiger partial charge in [0.2, 0.25) is 11.8 Å². The Morgan fingerprint density at radius 2 is 1.91 bits per heavy atom. The standard InChI is InChI=1S/C25H30N2O6/c1-26(19-7-9-20(30-2)10-8-19)24(29)16-27-15-18(14-23(27)28)17-6-11-21(31-3)22(13-17)33-25-5-4-12-32-25/h6-11,13,18,25H,4-5,12,14-16H2,1-3H3. The van der Waals surface area contributed by atoms with Crippen LogP contribution in [0.1, 0.15) is 30.7 Å². The number of methoxy groups -OCH3 is 2. The van der Waals surface area contributed by atoms with Crippen LogP contribution in [0.3, 0.4) is 0 Å². The predicted octanol–water partition coefficient (Wildman–Crippen LogP) is 3.20. The lowest BCUT2D eigenvalue weighted by molar-refractivity contribution is -0.132. The minimum atomic E-state index is -0.276. The number of likely N-dealkylation sites (N-methyl/N-ethyl adjacent to an activating group) is 1. The van der Waals surface area contributed by atoms with Crippen molar-refractivity contribution in [3.05, 3.63) is 48.0 Å². The van der Waals surface area contributed by atoms with Gasteiger partial charge in [-0.15, -0.1) is 0 Å². The molecule has 2 aromatic rings. The molecule has 8 nitrogen and oxygen atoms in total. The summed E-state index contributed by atoms with van der Waals surface area (Å²) in [5.41, 5.74) is 1.73. The van der Waals surface area contributed by atoms with Gasteiger partial charge in [0.05, 0.1) is 20.8 Å². The zero-order chi connectivity index (χ0) is 23.4. The summed E-state index contributed by atoms with van der Waals surface area (Å²) in [6.07, 6.45) is 1.89. The molecule has 2 atom stereocenters. The van der Waals surface area contributed by atoms with E-state index in [4.69, 9.17) is 18.9 Å². The van der Waals surface area contributed by atoms with Crippen LogP contribution >= 0.6 is 0 Å². The largest absolute Gasteiger partial charge is 0.497 e. The SMILES string of the molecule is COc1ccc(N(C)C(=O)CN2CC(c3ccc(OC)c(OC4CCCO4)c3)CC2=O)cc1. The number of ether oxygens (including phenoxy) is 4. The van der Waals surface area contributed by atoms with E-state index in [2.05, 4.69) is 0 Å². The van der Waals surface area contributed by atoms with Crippen LogP contribution in [0.5, 0.6) is 17.2 Å². The van der Waals surface area contributed by atoms with E-state index in [0.717, 1.165) is 29.8 Å². The molecule has 2 fully saturated rings.